The summed E-state index contributed by atoms with van der Waals surface area (Å²) in [6, 6.07) is 3.87. The Labute approximate surface area is 127 Å². The zero-order valence-corrected chi connectivity index (χ0v) is 12.2. The van der Waals surface area contributed by atoms with Crippen molar-refractivity contribution in [1.82, 2.24) is 5.32 Å². The molecule has 1 aliphatic rings. The highest BCUT2D eigenvalue weighted by Gasteiger charge is 2.34. The second-order valence-electron chi connectivity index (χ2n) is 5.37. The maximum absolute atomic E-state index is 12.4. The van der Waals surface area contributed by atoms with Crippen LogP contribution in [0.2, 0.25) is 5.02 Å². The van der Waals surface area contributed by atoms with E-state index in [1.54, 1.807) is 0 Å². The summed E-state index contributed by atoms with van der Waals surface area (Å²) in [7, 11) is 0. The lowest BCUT2D eigenvalue weighted by atomic mass is 9.82. The fourth-order valence-electron chi connectivity index (χ4n) is 2.71. The number of nitrogens with zero attached hydrogens (tertiary/aromatic N) is 1. The van der Waals surface area contributed by atoms with Crippen molar-refractivity contribution in [2.24, 2.45) is 0 Å². The molecule has 6 nitrogen and oxygen atoms in total. The lowest BCUT2D eigenvalue weighted by molar-refractivity contribution is -0.385. The third kappa shape index (κ3) is 3.51. The number of halogens is 1. The monoisotopic (exact) mass is 312 g/mol. The second kappa shape index (κ2) is 6.41. The van der Waals surface area contributed by atoms with Crippen molar-refractivity contribution < 1.29 is 14.8 Å². The summed E-state index contributed by atoms with van der Waals surface area (Å²) in [5, 5.41) is 23.6. The number of benzene rings is 1. The van der Waals surface area contributed by atoms with E-state index in [9.17, 15) is 20.0 Å². The molecule has 0 radical (unpaired) electrons. The molecule has 0 saturated heterocycles. The van der Waals surface area contributed by atoms with Crippen LogP contribution >= 0.6 is 11.6 Å². The number of carbonyl (C=O) groups excluding carboxylic acids is 1. The zero-order valence-electron chi connectivity index (χ0n) is 11.5. The molecule has 1 aromatic carbocycles. The predicted octanol–water partition coefficient (Wildman–Crippen LogP) is 2.67. The van der Waals surface area contributed by atoms with Gasteiger partial charge < -0.3 is 10.4 Å². The number of nitro groups is 1. The van der Waals surface area contributed by atoms with Crippen LogP contribution in [0.25, 0.3) is 0 Å². The molecule has 1 saturated carbocycles. The van der Waals surface area contributed by atoms with E-state index < -0.39 is 16.4 Å². The van der Waals surface area contributed by atoms with Gasteiger partial charge in [0.05, 0.1) is 17.1 Å². The Morgan fingerprint density at radius 2 is 2.05 bits per heavy atom. The van der Waals surface area contributed by atoms with E-state index >= 15 is 0 Å². The largest absolute Gasteiger partial charge is 0.394 e. The van der Waals surface area contributed by atoms with Crippen LogP contribution in [-0.4, -0.2) is 28.1 Å². The van der Waals surface area contributed by atoms with Gasteiger partial charge in [0, 0.05) is 11.1 Å². The van der Waals surface area contributed by atoms with Crippen LogP contribution in [-0.2, 0) is 0 Å². The van der Waals surface area contributed by atoms with E-state index in [4.69, 9.17) is 11.6 Å². The van der Waals surface area contributed by atoms with Crippen LogP contribution in [0.5, 0.6) is 0 Å². The molecule has 1 amide bonds. The van der Waals surface area contributed by atoms with Crippen molar-refractivity contribution in [3.63, 3.8) is 0 Å². The number of aliphatic hydroxyl groups excluding tert-OH is 1. The van der Waals surface area contributed by atoms with E-state index in [0.717, 1.165) is 19.3 Å². The van der Waals surface area contributed by atoms with Crippen molar-refractivity contribution in [2.75, 3.05) is 6.61 Å². The Bertz CT molecular complexity index is 556. The van der Waals surface area contributed by atoms with Crippen LogP contribution in [0.1, 0.15) is 42.5 Å². The van der Waals surface area contributed by atoms with Crippen LogP contribution < -0.4 is 5.32 Å². The zero-order chi connectivity index (χ0) is 15.5. The summed E-state index contributed by atoms with van der Waals surface area (Å²) in [4.78, 5) is 22.8. The maximum atomic E-state index is 12.4. The molecule has 1 aliphatic carbocycles. The summed E-state index contributed by atoms with van der Waals surface area (Å²) < 4.78 is 0. The quantitative estimate of drug-likeness (QED) is 0.660. The molecule has 0 bridgehead atoms. The van der Waals surface area contributed by atoms with E-state index in [0.29, 0.717) is 12.8 Å². The van der Waals surface area contributed by atoms with Crippen LogP contribution in [0, 0.1) is 10.1 Å². The number of nitrogens with one attached hydrogen (secondary N) is 1. The highest BCUT2D eigenvalue weighted by molar-refractivity contribution is 6.31. The molecule has 0 aliphatic heterocycles. The van der Waals surface area contributed by atoms with Crippen molar-refractivity contribution in [1.29, 1.82) is 0 Å². The van der Waals surface area contributed by atoms with Gasteiger partial charge in [-0.25, -0.2) is 0 Å². The molecule has 0 heterocycles. The van der Waals surface area contributed by atoms with E-state index in [1.165, 1.54) is 18.2 Å². The van der Waals surface area contributed by atoms with Crippen molar-refractivity contribution in [3.05, 3.63) is 38.9 Å². The van der Waals surface area contributed by atoms with Gasteiger partial charge >= 0.3 is 0 Å². The van der Waals surface area contributed by atoms with Gasteiger partial charge in [-0.3, -0.25) is 14.9 Å². The minimum atomic E-state index is -0.689. The lowest BCUT2D eigenvalue weighted by Crippen LogP contribution is -2.52. The molecule has 114 valence electrons. The number of carbonyl (C=O) groups is 1. The van der Waals surface area contributed by atoms with E-state index in [-0.39, 0.29) is 22.9 Å². The Morgan fingerprint density at radius 3 is 2.62 bits per heavy atom. The van der Waals surface area contributed by atoms with Crippen LogP contribution in [0.4, 0.5) is 5.69 Å². The van der Waals surface area contributed by atoms with Gasteiger partial charge in [-0.05, 0) is 25.0 Å². The number of rotatable bonds is 4. The molecule has 1 aromatic rings. The number of amides is 1. The van der Waals surface area contributed by atoms with Gasteiger partial charge in [0.2, 0.25) is 0 Å². The first-order chi connectivity index (χ1) is 9.97. The third-order valence-electron chi connectivity index (χ3n) is 3.89. The molecule has 1 fully saturated rings. The Kier molecular flexibility index (Phi) is 4.80. The Balaban J connectivity index is 2.27. The van der Waals surface area contributed by atoms with E-state index in [1.807, 2.05) is 0 Å². The first-order valence-corrected chi connectivity index (χ1v) is 7.22. The number of hydrogen-bond acceptors (Lipinski definition) is 4. The minimum absolute atomic E-state index is 0.0779. The average molecular weight is 313 g/mol. The SMILES string of the molecule is O=C(NC1(CO)CCCCC1)c1cc(Cl)ccc1[N+](=O)[O-]. The van der Waals surface area contributed by atoms with Crippen LogP contribution in [0.3, 0.4) is 0 Å². The molecule has 2 N–H and O–H groups in total. The van der Waals surface area contributed by atoms with Crippen LogP contribution in [0.15, 0.2) is 18.2 Å². The molecule has 2 rings (SSSR count). The number of nitro benzene ring substituents is 1. The topological polar surface area (TPSA) is 92.5 Å². The fourth-order valence-corrected chi connectivity index (χ4v) is 2.88. The highest BCUT2D eigenvalue weighted by Crippen LogP contribution is 2.29. The minimum Gasteiger partial charge on any atom is -0.394 e. The molecular weight excluding hydrogens is 296 g/mol. The van der Waals surface area contributed by atoms with Gasteiger partial charge in [-0.15, -0.1) is 0 Å². The summed E-state index contributed by atoms with van der Waals surface area (Å²) >= 11 is 5.82. The number of aliphatic hydroxyl groups is 1. The Morgan fingerprint density at radius 1 is 1.38 bits per heavy atom. The number of hydrogen-bond donors (Lipinski definition) is 2. The van der Waals surface area contributed by atoms with E-state index in [2.05, 4.69) is 5.32 Å². The molecule has 0 unspecified atom stereocenters. The van der Waals surface area contributed by atoms with Gasteiger partial charge in [-0.2, -0.15) is 0 Å². The molecule has 0 spiro atoms. The second-order valence-corrected chi connectivity index (χ2v) is 5.81. The molecule has 0 atom stereocenters. The van der Waals surface area contributed by atoms with Gasteiger partial charge in [0.25, 0.3) is 11.6 Å². The molecule has 0 aromatic heterocycles. The maximum Gasteiger partial charge on any atom is 0.282 e. The third-order valence-corrected chi connectivity index (χ3v) is 4.13. The van der Waals surface area contributed by atoms with Crippen molar-refractivity contribution >= 4 is 23.2 Å². The highest BCUT2D eigenvalue weighted by atomic mass is 35.5. The van der Waals surface area contributed by atoms with Crippen molar-refractivity contribution in [2.45, 2.75) is 37.6 Å². The first-order valence-electron chi connectivity index (χ1n) is 6.85. The van der Waals surface area contributed by atoms with Gasteiger partial charge in [0.15, 0.2) is 0 Å². The molecule has 21 heavy (non-hydrogen) atoms. The molecule has 7 heteroatoms. The van der Waals surface area contributed by atoms with Crippen molar-refractivity contribution in [3.8, 4) is 0 Å². The summed E-state index contributed by atoms with van der Waals surface area (Å²) in [5.74, 6) is -0.569. The predicted molar refractivity (Wildman–Crippen MR) is 78.5 cm³/mol. The smallest absolute Gasteiger partial charge is 0.282 e. The van der Waals surface area contributed by atoms with Gasteiger partial charge in [0.1, 0.15) is 5.56 Å². The lowest BCUT2D eigenvalue weighted by Gasteiger charge is -2.36. The fraction of sp³-hybridized carbons (Fsp3) is 0.500. The standard InChI is InChI=1S/C14H17ClN2O4/c15-10-4-5-12(17(20)21)11(8-10)13(19)16-14(9-18)6-2-1-3-7-14/h4-5,8,18H,1-3,6-7,9H2,(H,16,19). The van der Waals surface area contributed by atoms with Gasteiger partial charge in [-0.1, -0.05) is 30.9 Å². The summed E-state index contributed by atoms with van der Waals surface area (Å²) in [6.45, 7) is -0.174. The first kappa shape index (κ1) is 15.7. The normalized spacial score (nSPS) is 17.2. The summed E-state index contributed by atoms with van der Waals surface area (Å²) in [6.07, 6.45) is 4.24. The average Bonchev–Trinajstić information content (AvgIpc) is 2.47. The molecular formula is C14H17ClN2O4. The summed E-state index contributed by atoms with van der Waals surface area (Å²) in [5.41, 5.74) is -1.06. The Hall–Kier alpha value is -1.66.